The lowest BCUT2D eigenvalue weighted by Crippen LogP contribution is -2.05. The molecule has 0 aliphatic heterocycles. The predicted molar refractivity (Wildman–Crippen MR) is 70.0 cm³/mol. The summed E-state index contributed by atoms with van der Waals surface area (Å²) in [7, 11) is 1.53. The molecule has 0 bridgehead atoms. The monoisotopic (exact) mass is 254 g/mol. The molecule has 1 N–H and O–H groups in total. The van der Waals surface area contributed by atoms with Crippen molar-refractivity contribution in [1.29, 1.82) is 0 Å². The Balaban J connectivity index is 2.19. The van der Waals surface area contributed by atoms with Crippen LogP contribution in [0.15, 0.2) is 18.2 Å². The van der Waals surface area contributed by atoms with Crippen molar-refractivity contribution >= 4 is 0 Å². The third kappa shape index (κ3) is 5.38. The van der Waals surface area contributed by atoms with Crippen LogP contribution in [0.2, 0.25) is 0 Å². The van der Waals surface area contributed by atoms with Crippen molar-refractivity contribution in [3.8, 4) is 11.5 Å². The molecule has 0 radical (unpaired) electrons. The SMILES string of the molecule is CCCCOCCOCc1ccc(O)c(OC)c1. The lowest BCUT2D eigenvalue weighted by Gasteiger charge is -2.08. The Hall–Kier alpha value is -1.26. The van der Waals surface area contributed by atoms with Crippen molar-refractivity contribution in [2.45, 2.75) is 26.4 Å². The van der Waals surface area contributed by atoms with Gasteiger partial charge in [0.25, 0.3) is 0 Å². The van der Waals surface area contributed by atoms with Crippen LogP contribution in [-0.2, 0) is 16.1 Å². The quantitative estimate of drug-likeness (QED) is 0.688. The Kier molecular flexibility index (Phi) is 7.22. The number of methoxy groups -OCH3 is 1. The van der Waals surface area contributed by atoms with Crippen LogP contribution < -0.4 is 4.74 Å². The number of aromatic hydroxyl groups is 1. The van der Waals surface area contributed by atoms with Crippen LogP contribution in [0.1, 0.15) is 25.3 Å². The van der Waals surface area contributed by atoms with Crippen LogP contribution in [0.3, 0.4) is 0 Å². The number of benzene rings is 1. The molecule has 0 saturated heterocycles. The van der Waals surface area contributed by atoms with E-state index >= 15 is 0 Å². The van der Waals surface area contributed by atoms with Gasteiger partial charge in [0.15, 0.2) is 11.5 Å². The molecule has 0 atom stereocenters. The first kappa shape index (κ1) is 14.8. The van der Waals surface area contributed by atoms with E-state index in [1.165, 1.54) is 7.11 Å². The van der Waals surface area contributed by atoms with Gasteiger partial charge in [0.2, 0.25) is 0 Å². The van der Waals surface area contributed by atoms with Gasteiger partial charge in [0.05, 0.1) is 26.9 Å². The van der Waals surface area contributed by atoms with Crippen molar-refractivity contribution in [2.75, 3.05) is 26.9 Å². The summed E-state index contributed by atoms with van der Waals surface area (Å²) in [4.78, 5) is 0. The van der Waals surface area contributed by atoms with E-state index in [1.807, 2.05) is 6.07 Å². The highest BCUT2D eigenvalue weighted by Crippen LogP contribution is 2.26. The maximum atomic E-state index is 9.44. The van der Waals surface area contributed by atoms with E-state index in [9.17, 15) is 5.11 Å². The molecule has 0 unspecified atom stereocenters. The summed E-state index contributed by atoms with van der Waals surface area (Å²) in [5.41, 5.74) is 0.971. The molecule has 0 saturated carbocycles. The minimum Gasteiger partial charge on any atom is -0.504 e. The average molecular weight is 254 g/mol. The molecule has 0 heterocycles. The molecule has 0 spiro atoms. The largest absolute Gasteiger partial charge is 0.504 e. The fourth-order valence-corrected chi connectivity index (χ4v) is 1.47. The number of hydrogen-bond acceptors (Lipinski definition) is 4. The fraction of sp³-hybridized carbons (Fsp3) is 0.571. The minimum absolute atomic E-state index is 0.143. The highest BCUT2D eigenvalue weighted by molar-refractivity contribution is 5.41. The summed E-state index contributed by atoms with van der Waals surface area (Å²) < 4.78 is 15.9. The number of ether oxygens (including phenoxy) is 3. The molecule has 0 amide bonds. The van der Waals surface area contributed by atoms with E-state index in [2.05, 4.69) is 6.92 Å². The molecular weight excluding hydrogens is 232 g/mol. The van der Waals surface area contributed by atoms with Crippen LogP contribution >= 0.6 is 0 Å². The zero-order valence-electron chi connectivity index (χ0n) is 11.1. The lowest BCUT2D eigenvalue weighted by molar-refractivity contribution is 0.0396. The molecule has 18 heavy (non-hydrogen) atoms. The zero-order valence-corrected chi connectivity index (χ0v) is 11.1. The molecule has 102 valence electrons. The molecule has 1 rings (SSSR count). The predicted octanol–water partition coefficient (Wildman–Crippen LogP) is 2.73. The van der Waals surface area contributed by atoms with Gasteiger partial charge in [0.1, 0.15) is 0 Å². The minimum atomic E-state index is 0.143. The maximum Gasteiger partial charge on any atom is 0.160 e. The van der Waals surface area contributed by atoms with Crippen LogP contribution in [0.4, 0.5) is 0 Å². The number of hydrogen-bond donors (Lipinski definition) is 1. The topological polar surface area (TPSA) is 47.9 Å². The fourth-order valence-electron chi connectivity index (χ4n) is 1.47. The van der Waals surface area contributed by atoms with Crippen molar-refractivity contribution < 1.29 is 19.3 Å². The van der Waals surface area contributed by atoms with Crippen molar-refractivity contribution in [3.05, 3.63) is 23.8 Å². The Morgan fingerprint density at radius 3 is 2.61 bits per heavy atom. The molecule has 0 aliphatic carbocycles. The lowest BCUT2D eigenvalue weighted by atomic mass is 10.2. The first-order valence-corrected chi connectivity index (χ1v) is 6.29. The summed E-state index contributed by atoms with van der Waals surface area (Å²) in [6.45, 7) is 4.63. The van der Waals surface area contributed by atoms with Gasteiger partial charge in [0, 0.05) is 6.61 Å². The standard InChI is InChI=1S/C14H22O4/c1-3-4-7-17-8-9-18-11-12-5-6-13(15)14(10-12)16-2/h5-6,10,15H,3-4,7-9,11H2,1-2H3. The van der Waals surface area contributed by atoms with Gasteiger partial charge in [-0.1, -0.05) is 19.4 Å². The second kappa shape index (κ2) is 8.78. The third-order valence-corrected chi connectivity index (χ3v) is 2.53. The number of unbranched alkanes of at least 4 members (excludes halogenated alkanes) is 1. The number of rotatable bonds is 9. The van der Waals surface area contributed by atoms with E-state index in [0.29, 0.717) is 25.6 Å². The second-order valence-corrected chi connectivity index (χ2v) is 4.02. The summed E-state index contributed by atoms with van der Waals surface area (Å²) in [5, 5.41) is 9.44. The first-order chi connectivity index (χ1) is 8.77. The molecule has 1 aromatic rings. The molecule has 4 heteroatoms. The van der Waals surface area contributed by atoms with Crippen LogP contribution in [0.25, 0.3) is 0 Å². The van der Waals surface area contributed by atoms with Gasteiger partial charge >= 0.3 is 0 Å². The Morgan fingerprint density at radius 2 is 1.89 bits per heavy atom. The van der Waals surface area contributed by atoms with Gasteiger partial charge in [-0.2, -0.15) is 0 Å². The Labute approximate surface area is 108 Å². The van der Waals surface area contributed by atoms with Crippen molar-refractivity contribution in [1.82, 2.24) is 0 Å². The molecule has 0 fully saturated rings. The van der Waals surface area contributed by atoms with Crippen LogP contribution in [0.5, 0.6) is 11.5 Å². The molecule has 1 aromatic carbocycles. The normalized spacial score (nSPS) is 10.6. The molecule has 0 aliphatic rings. The summed E-state index contributed by atoms with van der Waals surface area (Å²) in [5.74, 6) is 0.611. The Morgan fingerprint density at radius 1 is 1.11 bits per heavy atom. The van der Waals surface area contributed by atoms with Crippen molar-refractivity contribution in [3.63, 3.8) is 0 Å². The first-order valence-electron chi connectivity index (χ1n) is 6.29. The van der Waals surface area contributed by atoms with E-state index in [4.69, 9.17) is 14.2 Å². The average Bonchev–Trinajstić information content (AvgIpc) is 2.39. The van der Waals surface area contributed by atoms with Crippen molar-refractivity contribution in [2.24, 2.45) is 0 Å². The van der Waals surface area contributed by atoms with E-state index < -0.39 is 0 Å². The smallest absolute Gasteiger partial charge is 0.160 e. The van der Waals surface area contributed by atoms with Gasteiger partial charge in [-0.25, -0.2) is 0 Å². The zero-order chi connectivity index (χ0) is 13.2. The highest BCUT2D eigenvalue weighted by atomic mass is 16.5. The van der Waals surface area contributed by atoms with Crippen LogP contribution in [-0.4, -0.2) is 32.0 Å². The Bertz CT molecular complexity index is 339. The summed E-state index contributed by atoms with van der Waals surface area (Å²) in [6.07, 6.45) is 2.24. The van der Waals surface area contributed by atoms with E-state index in [-0.39, 0.29) is 5.75 Å². The van der Waals surface area contributed by atoms with Crippen LogP contribution in [0, 0.1) is 0 Å². The van der Waals surface area contributed by atoms with Gasteiger partial charge < -0.3 is 19.3 Å². The molecule has 0 aromatic heterocycles. The van der Waals surface area contributed by atoms with E-state index in [0.717, 1.165) is 25.0 Å². The second-order valence-electron chi connectivity index (χ2n) is 4.02. The van der Waals surface area contributed by atoms with Gasteiger partial charge in [-0.05, 0) is 24.1 Å². The number of phenolic OH excluding ortho intramolecular Hbond substituents is 1. The molecular formula is C14H22O4. The maximum absolute atomic E-state index is 9.44. The van der Waals surface area contributed by atoms with Gasteiger partial charge in [-0.15, -0.1) is 0 Å². The summed E-state index contributed by atoms with van der Waals surface area (Å²) in [6, 6.07) is 5.19. The highest BCUT2D eigenvalue weighted by Gasteiger charge is 2.02. The van der Waals surface area contributed by atoms with E-state index in [1.54, 1.807) is 12.1 Å². The molecule has 4 nitrogen and oxygen atoms in total. The van der Waals surface area contributed by atoms with Gasteiger partial charge in [-0.3, -0.25) is 0 Å². The summed E-state index contributed by atoms with van der Waals surface area (Å²) >= 11 is 0. The number of phenols is 1. The third-order valence-electron chi connectivity index (χ3n) is 2.53.